The van der Waals surface area contributed by atoms with E-state index in [-0.39, 0.29) is 31.5 Å². The highest BCUT2D eigenvalue weighted by molar-refractivity contribution is 7.47. The molecule has 10 heteroatoms. The normalized spacial score (nSPS) is 14.3. The van der Waals surface area contributed by atoms with Crippen molar-refractivity contribution in [3.05, 3.63) is 60.8 Å². The summed E-state index contributed by atoms with van der Waals surface area (Å²) >= 11 is 0. The first-order valence-corrected chi connectivity index (χ1v) is 28.6. The summed E-state index contributed by atoms with van der Waals surface area (Å²) in [5.74, 6) is -0.539. The highest BCUT2D eigenvalue weighted by Crippen LogP contribution is 2.43. The Balaban J connectivity index is 5.44. The van der Waals surface area contributed by atoms with Gasteiger partial charge in [0, 0.05) is 12.8 Å². The number of nitrogens with one attached hydrogen (secondary N) is 1. The summed E-state index contributed by atoms with van der Waals surface area (Å²) in [4.78, 5) is 37.5. The molecule has 0 saturated carbocycles. The molecule has 0 aliphatic heterocycles. The second-order valence-corrected chi connectivity index (χ2v) is 20.9. The molecule has 66 heavy (non-hydrogen) atoms. The van der Waals surface area contributed by atoms with Crippen LogP contribution in [-0.4, -0.2) is 74.3 Å². The summed E-state index contributed by atoms with van der Waals surface area (Å²) in [5.41, 5.74) is 0. The number of esters is 1. The van der Waals surface area contributed by atoms with E-state index in [0.29, 0.717) is 23.9 Å². The first-order chi connectivity index (χ1) is 31.9. The van der Waals surface area contributed by atoms with Crippen LogP contribution in [0.5, 0.6) is 0 Å². The van der Waals surface area contributed by atoms with Gasteiger partial charge in [0.05, 0.1) is 33.8 Å². The van der Waals surface area contributed by atoms with Gasteiger partial charge in [-0.25, -0.2) is 4.57 Å². The molecule has 0 aromatic carbocycles. The van der Waals surface area contributed by atoms with Gasteiger partial charge in [-0.2, -0.15) is 0 Å². The van der Waals surface area contributed by atoms with Gasteiger partial charge in [-0.05, 0) is 76.7 Å². The lowest BCUT2D eigenvalue weighted by molar-refractivity contribution is -0.870. The van der Waals surface area contributed by atoms with E-state index in [4.69, 9.17) is 13.8 Å². The lowest BCUT2D eigenvalue weighted by Crippen LogP contribution is -2.47. The topological polar surface area (TPSA) is 111 Å². The number of phosphoric acid groups is 1. The molecular formula is C56H104N2O7P+. The molecule has 0 bridgehead atoms. The van der Waals surface area contributed by atoms with Crippen molar-refractivity contribution in [1.82, 2.24) is 5.32 Å². The van der Waals surface area contributed by atoms with Crippen molar-refractivity contribution in [3.8, 4) is 0 Å². The molecule has 0 aliphatic rings. The van der Waals surface area contributed by atoms with Crippen LogP contribution in [0.25, 0.3) is 0 Å². The van der Waals surface area contributed by atoms with Gasteiger partial charge in [0.2, 0.25) is 5.91 Å². The molecule has 0 rings (SSSR count). The molecule has 0 heterocycles. The van der Waals surface area contributed by atoms with Crippen molar-refractivity contribution in [2.24, 2.45) is 0 Å². The van der Waals surface area contributed by atoms with Gasteiger partial charge in [-0.15, -0.1) is 0 Å². The highest BCUT2D eigenvalue weighted by atomic mass is 31.2. The molecule has 1 amide bonds. The van der Waals surface area contributed by atoms with E-state index >= 15 is 0 Å². The minimum atomic E-state index is -4.45. The fourth-order valence-corrected chi connectivity index (χ4v) is 8.26. The van der Waals surface area contributed by atoms with Crippen LogP contribution in [0.3, 0.4) is 0 Å². The third-order valence-corrected chi connectivity index (χ3v) is 12.7. The van der Waals surface area contributed by atoms with Crippen molar-refractivity contribution < 1.29 is 37.3 Å². The molecule has 3 atom stereocenters. The first kappa shape index (κ1) is 63.7. The predicted molar refractivity (Wildman–Crippen MR) is 282 cm³/mol. The average Bonchev–Trinajstić information content (AvgIpc) is 3.27. The number of amides is 1. The van der Waals surface area contributed by atoms with E-state index in [9.17, 15) is 19.0 Å². The number of quaternary nitrogens is 1. The lowest BCUT2D eigenvalue weighted by atomic mass is 10.0. The summed E-state index contributed by atoms with van der Waals surface area (Å²) in [6, 6.07) is -0.859. The largest absolute Gasteiger partial charge is 0.472 e. The number of ether oxygens (including phenoxy) is 1. The zero-order valence-corrected chi connectivity index (χ0v) is 44.6. The van der Waals surface area contributed by atoms with Crippen LogP contribution in [0.2, 0.25) is 0 Å². The molecule has 0 fully saturated rings. The molecule has 3 unspecified atom stereocenters. The minimum Gasteiger partial charge on any atom is -0.456 e. The molecular weight excluding hydrogens is 844 g/mol. The second-order valence-electron chi connectivity index (χ2n) is 19.4. The molecule has 0 saturated heterocycles. The summed E-state index contributed by atoms with van der Waals surface area (Å²) in [6.45, 7) is 6.84. The van der Waals surface area contributed by atoms with Gasteiger partial charge in [0.25, 0.3) is 0 Å². The van der Waals surface area contributed by atoms with Crippen LogP contribution in [0.1, 0.15) is 233 Å². The molecule has 9 nitrogen and oxygen atoms in total. The molecule has 0 aliphatic carbocycles. The van der Waals surface area contributed by atoms with E-state index in [2.05, 4.69) is 74.7 Å². The molecule has 384 valence electrons. The Kier molecular flexibility index (Phi) is 44.8. The molecule has 0 radical (unpaired) electrons. The number of hydrogen-bond acceptors (Lipinski definition) is 6. The summed E-state index contributed by atoms with van der Waals surface area (Å²) in [6.07, 6.45) is 56.4. The summed E-state index contributed by atoms with van der Waals surface area (Å²) in [7, 11) is 1.47. The van der Waals surface area contributed by atoms with Crippen LogP contribution in [0.15, 0.2) is 60.8 Å². The number of phosphoric ester groups is 1. The third kappa shape index (κ3) is 46.8. The molecule has 0 aromatic heterocycles. The fraction of sp³-hybridized carbons (Fsp3) is 0.786. The van der Waals surface area contributed by atoms with Gasteiger partial charge < -0.3 is 19.4 Å². The van der Waals surface area contributed by atoms with E-state index in [1.54, 1.807) is 0 Å². The summed E-state index contributed by atoms with van der Waals surface area (Å²) < 4.78 is 30.5. The van der Waals surface area contributed by atoms with Crippen molar-refractivity contribution >= 4 is 19.7 Å². The van der Waals surface area contributed by atoms with Crippen molar-refractivity contribution in [2.45, 2.75) is 245 Å². The fourth-order valence-electron chi connectivity index (χ4n) is 7.52. The van der Waals surface area contributed by atoms with Crippen molar-refractivity contribution in [1.29, 1.82) is 0 Å². The average molecular weight is 948 g/mol. The SMILES string of the molecule is CC/C=C/C=C/C=C/CCCCCCCCCC(=O)NC(COP(=O)(O)OCC[N+](C)(C)C)C(/C=C/CCCCCCCCCCCC)OC(=O)CCCCC/C=C\CCCCCCCC. The van der Waals surface area contributed by atoms with E-state index in [1.807, 2.05) is 33.3 Å². The summed E-state index contributed by atoms with van der Waals surface area (Å²) in [5, 5.41) is 3.03. The third-order valence-electron chi connectivity index (χ3n) is 11.8. The van der Waals surface area contributed by atoms with E-state index in [0.717, 1.165) is 83.5 Å². The maximum atomic E-state index is 13.5. The van der Waals surface area contributed by atoms with Crippen LogP contribution < -0.4 is 5.32 Å². The van der Waals surface area contributed by atoms with Gasteiger partial charge >= 0.3 is 13.8 Å². The number of allylic oxidation sites excluding steroid dienone is 9. The van der Waals surface area contributed by atoms with E-state index in [1.165, 1.54) is 109 Å². The van der Waals surface area contributed by atoms with Crippen LogP contribution in [0, 0.1) is 0 Å². The van der Waals surface area contributed by atoms with Crippen LogP contribution >= 0.6 is 7.82 Å². The van der Waals surface area contributed by atoms with Crippen LogP contribution in [0.4, 0.5) is 0 Å². The molecule has 0 spiro atoms. The number of likely N-dealkylation sites (N-methyl/N-ethyl adjacent to an activating group) is 1. The Hall–Kier alpha value is -2.29. The Labute approximate surface area is 407 Å². The number of unbranched alkanes of at least 4 members (excludes halogenated alkanes) is 26. The molecule has 2 N–H and O–H groups in total. The zero-order valence-electron chi connectivity index (χ0n) is 43.7. The second kappa shape index (κ2) is 46.4. The Morgan fingerprint density at radius 3 is 1.50 bits per heavy atom. The van der Waals surface area contributed by atoms with Gasteiger partial charge in [0.15, 0.2) is 0 Å². The van der Waals surface area contributed by atoms with Crippen LogP contribution in [-0.2, 0) is 27.9 Å². The maximum absolute atomic E-state index is 13.5. The lowest BCUT2D eigenvalue weighted by Gasteiger charge is -2.27. The predicted octanol–water partition coefficient (Wildman–Crippen LogP) is 15.9. The number of carbonyl (C=O) groups excluding carboxylic acids is 2. The standard InChI is InChI=1S/C56H103N2O7P/c1-7-10-13-16-19-22-25-28-29-31-33-36-39-42-45-48-55(59)57-53(52-64-66(61,62)63-51-50-58(4,5)6)54(47-44-41-38-35-32-27-24-21-18-15-12-9-3)65-56(60)49-46-43-40-37-34-30-26-23-20-17-14-11-8-2/h10,13,16,19,22,25,30,34,44,47,53-54H,7-9,11-12,14-15,17-18,20-21,23-24,26-29,31-33,35-43,45-46,48-52H2,1-6H3,(H-,57,59,61,62)/p+1/b13-10+,19-16+,25-22+,34-30-,47-44+. The number of nitrogens with zero attached hydrogens (tertiary/aromatic N) is 1. The van der Waals surface area contributed by atoms with Gasteiger partial charge in [-0.3, -0.25) is 18.6 Å². The smallest absolute Gasteiger partial charge is 0.456 e. The first-order valence-electron chi connectivity index (χ1n) is 27.1. The van der Waals surface area contributed by atoms with Crippen molar-refractivity contribution in [2.75, 3.05) is 40.9 Å². The zero-order chi connectivity index (χ0) is 48.7. The molecule has 0 aromatic rings. The maximum Gasteiger partial charge on any atom is 0.472 e. The highest BCUT2D eigenvalue weighted by Gasteiger charge is 2.30. The number of carbonyl (C=O) groups is 2. The number of rotatable bonds is 48. The van der Waals surface area contributed by atoms with Gasteiger partial charge in [0.1, 0.15) is 19.3 Å². The Morgan fingerprint density at radius 1 is 0.545 bits per heavy atom. The monoisotopic (exact) mass is 948 g/mol. The van der Waals surface area contributed by atoms with E-state index < -0.39 is 20.0 Å². The Bertz CT molecular complexity index is 1320. The number of hydrogen-bond donors (Lipinski definition) is 2. The minimum absolute atomic E-state index is 0.0340. The van der Waals surface area contributed by atoms with Gasteiger partial charge in [-0.1, -0.05) is 204 Å². The van der Waals surface area contributed by atoms with Crippen molar-refractivity contribution in [3.63, 3.8) is 0 Å². The quantitative estimate of drug-likeness (QED) is 0.0156. The Morgan fingerprint density at radius 2 is 0.985 bits per heavy atom.